The van der Waals surface area contributed by atoms with E-state index in [2.05, 4.69) is 18.8 Å². The molecule has 4 rings (SSSR count). The van der Waals surface area contributed by atoms with E-state index in [-0.39, 0.29) is 5.78 Å². The van der Waals surface area contributed by atoms with Crippen LogP contribution in [0, 0.1) is 19.8 Å². The molecule has 3 aromatic rings. The summed E-state index contributed by atoms with van der Waals surface area (Å²) in [6.07, 6.45) is 1.65. The molecular formula is C27H26N2O3. The molecule has 162 valence electrons. The second-order valence-corrected chi connectivity index (χ2v) is 8.71. The van der Waals surface area contributed by atoms with Crippen molar-refractivity contribution in [3.05, 3.63) is 94.7 Å². The van der Waals surface area contributed by atoms with Crippen molar-refractivity contribution in [1.29, 1.82) is 0 Å². The molecule has 5 heteroatoms. The normalized spacial score (nSPS) is 18.5. The van der Waals surface area contributed by atoms with Crippen LogP contribution in [-0.4, -0.2) is 22.5 Å². The fourth-order valence-electron chi connectivity index (χ4n) is 4.10. The SMILES string of the molecule is Cc1ccc(C(=O)C2C(=O)C(=O)N(c3ccc(C)cn3)C2c2ccc(C(C)C)cc2)cc1. The quantitative estimate of drug-likeness (QED) is 0.328. The number of Topliss-reactive ketones (excluding diaryl/α,β-unsaturated/α-hetero) is 2. The molecule has 0 spiro atoms. The lowest BCUT2D eigenvalue weighted by Crippen LogP contribution is -2.31. The summed E-state index contributed by atoms with van der Waals surface area (Å²) < 4.78 is 0. The molecule has 0 saturated carbocycles. The van der Waals surface area contributed by atoms with Crippen molar-refractivity contribution in [3.8, 4) is 0 Å². The van der Waals surface area contributed by atoms with Crippen LogP contribution >= 0.6 is 0 Å². The predicted molar refractivity (Wildman–Crippen MR) is 124 cm³/mol. The van der Waals surface area contributed by atoms with Crippen LogP contribution in [0.3, 0.4) is 0 Å². The Morgan fingerprint density at radius 2 is 1.50 bits per heavy atom. The van der Waals surface area contributed by atoms with Crippen molar-refractivity contribution in [2.45, 2.75) is 39.7 Å². The zero-order valence-corrected chi connectivity index (χ0v) is 18.7. The van der Waals surface area contributed by atoms with Crippen LogP contribution in [0.1, 0.15) is 58.4 Å². The number of aryl methyl sites for hydroxylation is 2. The standard InChI is InChI=1S/C27H26N2O3/c1-16(2)19-10-12-20(13-11-19)24-23(25(30)21-8-5-17(3)6-9-21)26(31)27(32)29(24)22-14-7-18(4)15-28-22/h5-16,23-24H,1-4H3. The fraction of sp³-hybridized carbons (Fsp3) is 0.259. The Kier molecular flexibility index (Phi) is 5.74. The van der Waals surface area contributed by atoms with Gasteiger partial charge in [-0.05, 0) is 42.5 Å². The van der Waals surface area contributed by atoms with Crippen LogP contribution in [0.15, 0.2) is 66.9 Å². The van der Waals surface area contributed by atoms with Crippen LogP contribution < -0.4 is 4.90 Å². The van der Waals surface area contributed by atoms with Crippen molar-refractivity contribution in [2.24, 2.45) is 5.92 Å². The molecule has 0 radical (unpaired) electrons. The first-order valence-electron chi connectivity index (χ1n) is 10.8. The van der Waals surface area contributed by atoms with Crippen molar-refractivity contribution in [1.82, 2.24) is 4.98 Å². The van der Waals surface area contributed by atoms with Gasteiger partial charge in [0.1, 0.15) is 11.7 Å². The average Bonchev–Trinajstić information content (AvgIpc) is 3.05. The minimum absolute atomic E-state index is 0.343. The van der Waals surface area contributed by atoms with Crippen molar-refractivity contribution in [3.63, 3.8) is 0 Å². The largest absolute Gasteiger partial charge is 0.297 e. The molecule has 2 unspecified atom stereocenters. The van der Waals surface area contributed by atoms with Gasteiger partial charge in [-0.15, -0.1) is 0 Å². The number of anilines is 1. The number of benzene rings is 2. The first kappa shape index (κ1) is 21.6. The Hall–Kier alpha value is -3.60. The van der Waals surface area contributed by atoms with Gasteiger partial charge in [0.15, 0.2) is 5.78 Å². The molecular weight excluding hydrogens is 400 g/mol. The third-order valence-electron chi connectivity index (χ3n) is 6.01. The molecule has 1 aliphatic heterocycles. The van der Waals surface area contributed by atoms with Gasteiger partial charge in [-0.2, -0.15) is 0 Å². The van der Waals surface area contributed by atoms with Gasteiger partial charge in [-0.3, -0.25) is 19.3 Å². The highest BCUT2D eigenvalue weighted by Gasteiger charge is 2.52. The maximum absolute atomic E-state index is 13.5. The molecule has 2 heterocycles. The molecule has 0 N–H and O–H groups in total. The highest BCUT2D eigenvalue weighted by molar-refractivity contribution is 6.48. The van der Waals surface area contributed by atoms with Crippen LogP contribution in [0.5, 0.6) is 0 Å². The Bertz CT molecular complexity index is 1160. The first-order chi connectivity index (χ1) is 15.3. The summed E-state index contributed by atoms with van der Waals surface area (Å²) in [5.74, 6) is -2.17. The molecule has 1 aliphatic rings. The van der Waals surface area contributed by atoms with Gasteiger partial charge in [-0.1, -0.05) is 74.0 Å². The number of pyridine rings is 1. The highest BCUT2D eigenvalue weighted by atomic mass is 16.2. The molecule has 1 saturated heterocycles. The summed E-state index contributed by atoms with van der Waals surface area (Å²) in [4.78, 5) is 45.5. The molecule has 0 bridgehead atoms. The molecule has 0 aliphatic carbocycles. The summed E-state index contributed by atoms with van der Waals surface area (Å²) in [7, 11) is 0. The Morgan fingerprint density at radius 3 is 2.06 bits per heavy atom. The number of hydrogen-bond donors (Lipinski definition) is 0. The summed E-state index contributed by atoms with van der Waals surface area (Å²) in [6, 6.07) is 17.7. The molecule has 2 atom stereocenters. The minimum atomic E-state index is -1.13. The second kappa shape index (κ2) is 8.50. The van der Waals surface area contributed by atoms with Crippen LogP contribution in [0.2, 0.25) is 0 Å². The van der Waals surface area contributed by atoms with Crippen molar-refractivity contribution < 1.29 is 14.4 Å². The number of amides is 1. The lowest BCUT2D eigenvalue weighted by atomic mass is 9.85. The molecule has 1 aromatic heterocycles. The van der Waals surface area contributed by atoms with Crippen LogP contribution in [-0.2, 0) is 9.59 Å². The highest BCUT2D eigenvalue weighted by Crippen LogP contribution is 2.41. The topological polar surface area (TPSA) is 67.3 Å². The smallest absolute Gasteiger partial charge is 0.293 e. The Labute approximate surface area is 188 Å². The Morgan fingerprint density at radius 1 is 0.875 bits per heavy atom. The van der Waals surface area contributed by atoms with Gasteiger partial charge in [0.2, 0.25) is 5.78 Å². The van der Waals surface area contributed by atoms with E-state index in [1.54, 1.807) is 24.4 Å². The number of carbonyl (C=O) groups excluding carboxylic acids is 3. The van der Waals surface area contributed by atoms with E-state index in [9.17, 15) is 14.4 Å². The van der Waals surface area contributed by atoms with Gasteiger partial charge >= 0.3 is 0 Å². The third kappa shape index (κ3) is 3.86. The lowest BCUT2D eigenvalue weighted by Gasteiger charge is -2.27. The number of aromatic nitrogens is 1. The predicted octanol–water partition coefficient (Wildman–Crippen LogP) is 4.98. The number of nitrogens with zero attached hydrogens (tertiary/aromatic N) is 2. The van der Waals surface area contributed by atoms with Crippen molar-refractivity contribution >= 4 is 23.3 Å². The van der Waals surface area contributed by atoms with Crippen LogP contribution in [0.4, 0.5) is 5.82 Å². The van der Waals surface area contributed by atoms with Gasteiger partial charge in [0.25, 0.3) is 5.91 Å². The van der Waals surface area contributed by atoms with E-state index in [1.165, 1.54) is 4.90 Å². The Balaban J connectivity index is 1.83. The zero-order valence-electron chi connectivity index (χ0n) is 18.7. The fourth-order valence-corrected chi connectivity index (χ4v) is 4.10. The van der Waals surface area contributed by atoms with Gasteiger partial charge in [0, 0.05) is 11.8 Å². The summed E-state index contributed by atoms with van der Waals surface area (Å²) >= 11 is 0. The maximum atomic E-state index is 13.5. The number of carbonyl (C=O) groups is 3. The van der Waals surface area contributed by atoms with Gasteiger partial charge in [-0.25, -0.2) is 4.98 Å². The molecule has 1 fully saturated rings. The van der Waals surface area contributed by atoms with E-state index < -0.39 is 23.7 Å². The number of ketones is 2. The van der Waals surface area contributed by atoms with E-state index in [0.29, 0.717) is 17.3 Å². The first-order valence-corrected chi connectivity index (χ1v) is 10.8. The lowest BCUT2D eigenvalue weighted by molar-refractivity contribution is -0.135. The molecule has 32 heavy (non-hydrogen) atoms. The summed E-state index contributed by atoms with van der Waals surface area (Å²) in [5, 5.41) is 0. The van der Waals surface area contributed by atoms with Gasteiger partial charge in [0.05, 0.1) is 6.04 Å². The van der Waals surface area contributed by atoms with E-state index in [4.69, 9.17) is 0 Å². The molecule has 1 amide bonds. The second-order valence-electron chi connectivity index (χ2n) is 8.71. The minimum Gasteiger partial charge on any atom is -0.293 e. The summed E-state index contributed by atoms with van der Waals surface area (Å²) in [5.41, 5.74) is 4.26. The van der Waals surface area contributed by atoms with Crippen LogP contribution in [0.25, 0.3) is 0 Å². The average molecular weight is 427 g/mol. The van der Waals surface area contributed by atoms with E-state index in [0.717, 1.165) is 22.3 Å². The molecule has 5 nitrogen and oxygen atoms in total. The molecule has 2 aromatic carbocycles. The van der Waals surface area contributed by atoms with Crippen molar-refractivity contribution in [2.75, 3.05) is 4.90 Å². The van der Waals surface area contributed by atoms with E-state index in [1.807, 2.05) is 56.3 Å². The van der Waals surface area contributed by atoms with E-state index >= 15 is 0 Å². The maximum Gasteiger partial charge on any atom is 0.297 e. The summed E-state index contributed by atoms with van der Waals surface area (Å²) in [6.45, 7) is 8.04. The monoisotopic (exact) mass is 426 g/mol. The number of hydrogen-bond acceptors (Lipinski definition) is 4. The zero-order chi connectivity index (χ0) is 23.0. The third-order valence-corrected chi connectivity index (χ3v) is 6.01. The number of rotatable bonds is 5. The van der Waals surface area contributed by atoms with Gasteiger partial charge < -0.3 is 0 Å².